The van der Waals surface area contributed by atoms with E-state index in [0.29, 0.717) is 24.2 Å². The van der Waals surface area contributed by atoms with Gasteiger partial charge in [0.25, 0.3) is 5.91 Å². The summed E-state index contributed by atoms with van der Waals surface area (Å²) >= 11 is 0. The average molecular weight is 305 g/mol. The maximum absolute atomic E-state index is 12.5. The Morgan fingerprint density at radius 3 is 2.73 bits per heavy atom. The van der Waals surface area contributed by atoms with Crippen LogP contribution in [0.3, 0.4) is 0 Å². The van der Waals surface area contributed by atoms with E-state index in [4.69, 9.17) is 4.74 Å². The second-order valence-corrected chi connectivity index (χ2v) is 6.19. The van der Waals surface area contributed by atoms with E-state index in [1.807, 2.05) is 19.9 Å². The molecule has 0 aromatic heterocycles. The second-order valence-electron chi connectivity index (χ2n) is 6.19. The summed E-state index contributed by atoms with van der Waals surface area (Å²) in [4.78, 5) is 24.0. The minimum absolute atomic E-state index is 0.256. The smallest absolute Gasteiger partial charge is 0.308 e. The van der Waals surface area contributed by atoms with E-state index in [0.717, 1.165) is 18.4 Å². The average Bonchev–Trinajstić information content (AvgIpc) is 2.47. The summed E-state index contributed by atoms with van der Waals surface area (Å²) in [5.41, 5.74) is 0.726. The molecule has 5 nitrogen and oxygen atoms in total. The Balaban J connectivity index is 2.21. The van der Waals surface area contributed by atoms with Gasteiger partial charge in [0.1, 0.15) is 5.75 Å². The lowest BCUT2D eigenvalue weighted by atomic mass is 9.73. The summed E-state index contributed by atoms with van der Waals surface area (Å²) in [5, 5.41) is 12.3. The molecule has 1 aliphatic rings. The number of ether oxygens (including phenoxy) is 1. The molecule has 0 aliphatic heterocycles. The molecule has 0 spiro atoms. The predicted molar refractivity (Wildman–Crippen MR) is 83.2 cm³/mol. The molecule has 1 aliphatic carbocycles. The van der Waals surface area contributed by atoms with Crippen molar-refractivity contribution in [3.05, 3.63) is 29.3 Å². The first-order valence-electron chi connectivity index (χ1n) is 7.57. The largest absolute Gasteiger partial charge is 0.496 e. The van der Waals surface area contributed by atoms with Crippen LogP contribution in [-0.2, 0) is 4.79 Å². The highest BCUT2D eigenvalue weighted by atomic mass is 16.5. The molecule has 1 aromatic rings. The summed E-state index contributed by atoms with van der Waals surface area (Å²) in [7, 11) is 1.56. The number of aliphatic carboxylic acids is 1. The fourth-order valence-corrected chi connectivity index (χ4v) is 3.17. The van der Waals surface area contributed by atoms with Gasteiger partial charge < -0.3 is 15.2 Å². The fraction of sp³-hybridized carbons (Fsp3) is 0.529. The van der Waals surface area contributed by atoms with Gasteiger partial charge in [0.2, 0.25) is 0 Å². The number of hydrogen-bond acceptors (Lipinski definition) is 3. The van der Waals surface area contributed by atoms with Crippen molar-refractivity contribution in [1.82, 2.24) is 5.32 Å². The van der Waals surface area contributed by atoms with Gasteiger partial charge in [-0.15, -0.1) is 0 Å². The van der Waals surface area contributed by atoms with Crippen LogP contribution in [0.1, 0.15) is 48.5 Å². The van der Waals surface area contributed by atoms with Gasteiger partial charge in [-0.1, -0.05) is 18.9 Å². The zero-order chi connectivity index (χ0) is 16.3. The highest BCUT2D eigenvalue weighted by Gasteiger charge is 2.42. The molecule has 0 saturated heterocycles. The molecule has 0 radical (unpaired) electrons. The van der Waals surface area contributed by atoms with Crippen molar-refractivity contribution < 1.29 is 19.4 Å². The lowest BCUT2D eigenvalue weighted by Crippen LogP contribution is -2.55. The Hall–Kier alpha value is -2.04. The molecule has 1 fully saturated rings. The van der Waals surface area contributed by atoms with E-state index in [1.165, 1.54) is 0 Å². The van der Waals surface area contributed by atoms with E-state index in [-0.39, 0.29) is 5.91 Å². The third-order valence-electron chi connectivity index (χ3n) is 4.58. The third kappa shape index (κ3) is 3.24. The molecule has 1 amide bonds. The zero-order valence-electron chi connectivity index (χ0n) is 13.3. The van der Waals surface area contributed by atoms with Crippen LogP contribution in [0.15, 0.2) is 18.2 Å². The Labute approximate surface area is 130 Å². The Bertz CT molecular complexity index is 584. The van der Waals surface area contributed by atoms with Gasteiger partial charge in [-0.2, -0.15) is 0 Å². The van der Waals surface area contributed by atoms with Crippen LogP contribution in [0.25, 0.3) is 0 Å². The number of nitrogens with one attached hydrogen (secondary N) is 1. The van der Waals surface area contributed by atoms with E-state index >= 15 is 0 Å². The van der Waals surface area contributed by atoms with Crippen molar-refractivity contribution >= 4 is 11.9 Å². The summed E-state index contributed by atoms with van der Waals surface area (Å²) in [6, 6.07) is 5.24. The van der Waals surface area contributed by atoms with Gasteiger partial charge >= 0.3 is 5.97 Å². The Kier molecular flexibility index (Phi) is 4.74. The first-order chi connectivity index (χ1) is 10.4. The molecule has 1 aromatic carbocycles. The highest BCUT2D eigenvalue weighted by Crippen LogP contribution is 2.34. The molecular weight excluding hydrogens is 282 g/mol. The van der Waals surface area contributed by atoms with Gasteiger partial charge in [-0.05, 0) is 44.4 Å². The second kappa shape index (κ2) is 6.38. The number of carboxylic acid groups (broad SMARTS) is 1. The standard InChI is InChI=1S/C17H23NO4/c1-11-7-8-12(10-14(11)22-3)15(19)18-17(2)9-5-4-6-13(17)16(20)21/h7-8,10,13H,4-6,9H2,1-3H3,(H,18,19)(H,20,21). The van der Waals surface area contributed by atoms with Crippen LogP contribution in [0.2, 0.25) is 0 Å². The minimum Gasteiger partial charge on any atom is -0.496 e. The molecule has 120 valence electrons. The van der Waals surface area contributed by atoms with Crippen LogP contribution in [0.4, 0.5) is 0 Å². The van der Waals surface area contributed by atoms with Gasteiger partial charge in [-0.25, -0.2) is 0 Å². The zero-order valence-corrected chi connectivity index (χ0v) is 13.3. The Morgan fingerprint density at radius 2 is 2.09 bits per heavy atom. The SMILES string of the molecule is COc1cc(C(=O)NC2(C)CCCCC2C(=O)O)ccc1C. The van der Waals surface area contributed by atoms with Gasteiger partial charge in [0.05, 0.1) is 18.6 Å². The summed E-state index contributed by atoms with van der Waals surface area (Å²) in [6.07, 6.45) is 3.10. The molecule has 2 unspecified atom stereocenters. The predicted octanol–water partition coefficient (Wildman–Crippen LogP) is 2.77. The van der Waals surface area contributed by atoms with E-state index in [1.54, 1.807) is 19.2 Å². The van der Waals surface area contributed by atoms with Crippen molar-refractivity contribution in [3.63, 3.8) is 0 Å². The molecular formula is C17H23NO4. The third-order valence-corrected chi connectivity index (χ3v) is 4.58. The molecule has 2 N–H and O–H groups in total. The number of carbonyl (C=O) groups is 2. The number of methoxy groups -OCH3 is 1. The number of carbonyl (C=O) groups excluding carboxylic acids is 1. The van der Waals surface area contributed by atoms with Crippen molar-refractivity contribution in [2.45, 2.75) is 45.1 Å². The van der Waals surface area contributed by atoms with E-state index in [2.05, 4.69) is 5.32 Å². The number of amides is 1. The van der Waals surface area contributed by atoms with Crippen LogP contribution in [0.5, 0.6) is 5.75 Å². The van der Waals surface area contributed by atoms with Crippen LogP contribution >= 0.6 is 0 Å². The molecule has 0 heterocycles. The van der Waals surface area contributed by atoms with Gasteiger partial charge in [0.15, 0.2) is 0 Å². The van der Waals surface area contributed by atoms with Crippen LogP contribution in [0, 0.1) is 12.8 Å². The van der Waals surface area contributed by atoms with Crippen molar-refractivity contribution in [1.29, 1.82) is 0 Å². The lowest BCUT2D eigenvalue weighted by molar-refractivity contribution is -0.145. The maximum atomic E-state index is 12.5. The van der Waals surface area contributed by atoms with Crippen LogP contribution in [-0.4, -0.2) is 29.6 Å². The first-order valence-corrected chi connectivity index (χ1v) is 7.57. The number of rotatable bonds is 4. The molecule has 2 atom stereocenters. The minimum atomic E-state index is -0.844. The number of aryl methyl sites for hydroxylation is 1. The van der Waals surface area contributed by atoms with Gasteiger partial charge in [-0.3, -0.25) is 9.59 Å². The van der Waals surface area contributed by atoms with E-state index < -0.39 is 17.4 Å². The Morgan fingerprint density at radius 1 is 1.36 bits per heavy atom. The highest BCUT2D eigenvalue weighted by molar-refractivity contribution is 5.95. The quantitative estimate of drug-likeness (QED) is 0.897. The monoisotopic (exact) mass is 305 g/mol. The lowest BCUT2D eigenvalue weighted by Gasteiger charge is -2.39. The number of hydrogen-bond donors (Lipinski definition) is 2. The summed E-state index contributed by atoms with van der Waals surface area (Å²) in [5.74, 6) is -0.994. The van der Waals surface area contributed by atoms with Crippen molar-refractivity contribution in [2.75, 3.05) is 7.11 Å². The van der Waals surface area contributed by atoms with Crippen molar-refractivity contribution in [3.8, 4) is 5.75 Å². The summed E-state index contributed by atoms with van der Waals surface area (Å²) in [6.45, 7) is 3.73. The fourth-order valence-electron chi connectivity index (χ4n) is 3.17. The topological polar surface area (TPSA) is 75.6 Å². The van der Waals surface area contributed by atoms with Crippen molar-refractivity contribution in [2.24, 2.45) is 5.92 Å². The first kappa shape index (κ1) is 16.3. The van der Waals surface area contributed by atoms with Gasteiger partial charge in [0, 0.05) is 5.56 Å². The molecule has 2 rings (SSSR count). The molecule has 0 bridgehead atoms. The van der Waals surface area contributed by atoms with Crippen LogP contribution < -0.4 is 10.1 Å². The number of benzene rings is 1. The summed E-state index contributed by atoms with van der Waals surface area (Å²) < 4.78 is 5.24. The maximum Gasteiger partial charge on any atom is 0.308 e. The molecule has 1 saturated carbocycles. The number of carboxylic acids is 1. The molecule has 22 heavy (non-hydrogen) atoms. The van der Waals surface area contributed by atoms with E-state index in [9.17, 15) is 14.7 Å². The molecule has 5 heteroatoms. The normalized spacial score (nSPS) is 24.6.